The highest BCUT2D eigenvalue weighted by atomic mass is 15.0. The first-order chi connectivity index (χ1) is 12.3. The van der Waals surface area contributed by atoms with Crippen molar-refractivity contribution in [2.45, 2.75) is 32.6 Å². The second kappa shape index (κ2) is 6.98. The Balaban J connectivity index is 1.84. The van der Waals surface area contributed by atoms with E-state index in [1.54, 1.807) is 0 Å². The van der Waals surface area contributed by atoms with E-state index < -0.39 is 0 Å². The van der Waals surface area contributed by atoms with Crippen LogP contribution in [0.2, 0.25) is 0 Å². The molecule has 2 aliphatic carbocycles. The van der Waals surface area contributed by atoms with Gasteiger partial charge < -0.3 is 0 Å². The smallest absolute Gasteiger partial charge is 0.164 e. The van der Waals surface area contributed by atoms with Gasteiger partial charge in [-0.15, -0.1) is 0 Å². The van der Waals surface area contributed by atoms with Crippen molar-refractivity contribution in [3.8, 4) is 11.4 Å². The highest BCUT2D eigenvalue weighted by Crippen LogP contribution is 2.26. The van der Waals surface area contributed by atoms with Crippen LogP contribution in [-0.2, 0) is 0 Å². The van der Waals surface area contributed by atoms with Crippen LogP contribution in [0.3, 0.4) is 0 Å². The summed E-state index contributed by atoms with van der Waals surface area (Å²) in [7, 11) is 0. The summed E-state index contributed by atoms with van der Waals surface area (Å²) >= 11 is 0. The van der Waals surface area contributed by atoms with Crippen LogP contribution in [0.5, 0.6) is 0 Å². The predicted octanol–water partition coefficient (Wildman–Crippen LogP) is 5.31. The first-order valence-corrected chi connectivity index (χ1v) is 8.86. The molecule has 4 rings (SSSR count). The highest BCUT2D eigenvalue weighted by molar-refractivity contribution is 5.73. The summed E-state index contributed by atoms with van der Waals surface area (Å²) < 4.78 is 0. The Bertz CT molecular complexity index is 899. The number of aryl methyl sites for hydroxylation is 1. The molecule has 0 saturated heterocycles. The molecule has 0 saturated carbocycles. The Kier molecular flexibility index (Phi) is 4.38. The molecule has 0 bridgehead atoms. The molecule has 3 nitrogen and oxygen atoms in total. The molecule has 0 unspecified atom stereocenters. The van der Waals surface area contributed by atoms with E-state index in [4.69, 9.17) is 15.0 Å². The third kappa shape index (κ3) is 3.50. The Hall–Kier alpha value is -2.81. The van der Waals surface area contributed by atoms with Crippen molar-refractivity contribution in [1.82, 2.24) is 15.0 Å². The molecule has 1 aromatic heterocycles. The molecular formula is C22H21N3. The normalized spacial score (nSPS) is 16.5. The van der Waals surface area contributed by atoms with Crippen LogP contribution < -0.4 is 0 Å². The Morgan fingerprint density at radius 2 is 1.60 bits per heavy atom. The molecule has 0 radical (unpaired) electrons. The van der Waals surface area contributed by atoms with Gasteiger partial charge in [-0.05, 0) is 38.2 Å². The van der Waals surface area contributed by atoms with Crippen LogP contribution in [-0.4, -0.2) is 15.0 Å². The van der Waals surface area contributed by atoms with Crippen molar-refractivity contribution in [2.24, 2.45) is 0 Å². The van der Waals surface area contributed by atoms with E-state index in [0.717, 1.165) is 54.3 Å². The molecule has 25 heavy (non-hydrogen) atoms. The van der Waals surface area contributed by atoms with Crippen molar-refractivity contribution in [3.05, 3.63) is 77.9 Å². The molecular weight excluding hydrogens is 306 g/mol. The van der Waals surface area contributed by atoms with Crippen LogP contribution in [0.1, 0.15) is 42.9 Å². The quantitative estimate of drug-likeness (QED) is 0.766. The SMILES string of the molecule is Cc1ccc(-c2nc(C3=CCCC=C3)nc(C3=CC=CCC3)n2)cc1. The maximum absolute atomic E-state index is 4.78. The molecule has 124 valence electrons. The second-order valence-corrected chi connectivity index (χ2v) is 6.47. The number of hydrogen-bond acceptors (Lipinski definition) is 3. The summed E-state index contributed by atoms with van der Waals surface area (Å²) in [5.41, 5.74) is 4.54. The molecule has 0 fully saturated rings. The third-order valence-corrected chi connectivity index (χ3v) is 4.50. The average molecular weight is 327 g/mol. The lowest BCUT2D eigenvalue weighted by Gasteiger charge is -2.13. The first-order valence-electron chi connectivity index (χ1n) is 8.86. The number of rotatable bonds is 3. The van der Waals surface area contributed by atoms with Gasteiger partial charge in [0, 0.05) is 11.1 Å². The summed E-state index contributed by atoms with van der Waals surface area (Å²) in [6, 6.07) is 8.36. The zero-order valence-corrected chi connectivity index (χ0v) is 14.4. The first kappa shape index (κ1) is 15.7. The summed E-state index contributed by atoms with van der Waals surface area (Å²) in [5, 5.41) is 0. The minimum atomic E-state index is 0.746. The summed E-state index contributed by atoms with van der Waals surface area (Å²) in [4.78, 5) is 14.3. The van der Waals surface area contributed by atoms with Gasteiger partial charge in [-0.25, -0.2) is 15.0 Å². The predicted molar refractivity (Wildman–Crippen MR) is 103 cm³/mol. The van der Waals surface area contributed by atoms with Crippen LogP contribution >= 0.6 is 0 Å². The molecule has 1 aromatic carbocycles. The molecule has 1 heterocycles. The van der Waals surface area contributed by atoms with Crippen molar-refractivity contribution < 1.29 is 0 Å². The van der Waals surface area contributed by atoms with Crippen molar-refractivity contribution in [1.29, 1.82) is 0 Å². The lowest BCUT2D eigenvalue weighted by Crippen LogP contribution is -2.06. The van der Waals surface area contributed by atoms with E-state index in [-0.39, 0.29) is 0 Å². The van der Waals surface area contributed by atoms with Gasteiger partial charge in [0.15, 0.2) is 17.5 Å². The Morgan fingerprint density at radius 1 is 0.800 bits per heavy atom. The van der Waals surface area contributed by atoms with E-state index in [1.807, 2.05) is 0 Å². The summed E-state index contributed by atoms with van der Waals surface area (Å²) in [6.45, 7) is 2.09. The van der Waals surface area contributed by atoms with Gasteiger partial charge in [0.2, 0.25) is 0 Å². The van der Waals surface area contributed by atoms with E-state index in [1.165, 1.54) is 11.1 Å². The van der Waals surface area contributed by atoms with Gasteiger partial charge in [-0.3, -0.25) is 0 Å². The summed E-state index contributed by atoms with van der Waals surface area (Å²) in [5.74, 6) is 2.31. The van der Waals surface area contributed by atoms with Crippen molar-refractivity contribution >= 4 is 11.1 Å². The van der Waals surface area contributed by atoms with Gasteiger partial charge >= 0.3 is 0 Å². The lowest BCUT2D eigenvalue weighted by atomic mass is 10.0. The number of nitrogens with zero attached hydrogens (tertiary/aromatic N) is 3. The molecule has 0 aliphatic heterocycles. The molecule has 0 atom stereocenters. The minimum absolute atomic E-state index is 0.746. The molecule has 0 N–H and O–H groups in total. The van der Waals surface area contributed by atoms with E-state index in [9.17, 15) is 0 Å². The molecule has 3 heteroatoms. The van der Waals surface area contributed by atoms with Gasteiger partial charge in [-0.1, -0.05) is 66.3 Å². The van der Waals surface area contributed by atoms with Crippen molar-refractivity contribution in [3.63, 3.8) is 0 Å². The second-order valence-electron chi connectivity index (χ2n) is 6.47. The van der Waals surface area contributed by atoms with E-state index >= 15 is 0 Å². The number of benzene rings is 1. The van der Waals surface area contributed by atoms with E-state index in [0.29, 0.717) is 0 Å². The number of hydrogen-bond donors (Lipinski definition) is 0. The largest absolute Gasteiger partial charge is 0.209 e. The van der Waals surface area contributed by atoms with Gasteiger partial charge in [0.1, 0.15) is 0 Å². The van der Waals surface area contributed by atoms with E-state index in [2.05, 4.69) is 67.6 Å². The van der Waals surface area contributed by atoms with Gasteiger partial charge in [0.05, 0.1) is 0 Å². The Morgan fingerprint density at radius 3 is 2.32 bits per heavy atom. The van der Waals surface area contributed by atoms with Crippen LogP contribution in [0.15, 0.2) is 60.7 Å². The number of allylic oxidation sites excluding steroid dienone is 8. The maximum atomic E-state index is 4.78. The molecule has 2 aliphatic rings. The van der Waals surface area contributed by atoms with Gasteiger partial charge in [-0.2, -0.15) is 0 Å². The molecule has 0 amide bonds. The Labute approximate surface area is 148 Å². The lowest BCUT2D eigenvalue weighted by molar-refractivity contribution is 0.952. The van der Waals surface area contributed by atoms with Gasteiger partial charge in [0.25, 0.3) is 0 Å². The van der Waals surface area contributed by atoms with Crippen LogP contribution in [0, 0.1) is 6.92 Å². The highest BCUT2D eigenvalue weighted by Gasteiger charge is 2.15. The molecule has 0 spiro atoms. The monoisotopic (exact) mass is 327 g/mol. The fourth-order valence-electron chi connectivity index (χ4n) is 3.05. The molecule has 2 aromatic rings. The minimum Gasteiger partial charge on any atom is -0.209 e. The average Bonchev–Trinajstić information content (AvgIpc) is 2.69. The number of aromatic nitrogens is 3. The zero-order valence-electron chi connectivity index (χ0n) is 14.4. The van der Waals surface area contributed by atoms with Crippen molar-refractivity contribution in [2.75, 3.05) is 0 Å². The van der Waals surface area contributed by atoms with Crippen LogP contribution in [0.4, 0.5) is 0 Å². The fourth-order valence-corrected chi connectivity index (χ4v) is 3.05. The summed E-state index contributed by atoms with van der Waals surface area (Å²) in [6.07, 6.45) is 17.0. The zero-order chi connectivity index (χ0) is 17.1. The standard InChI is InChI=1S/C22H21N3/c1-16-12-14-19(15-13-16)22-24-20(17-8-4-2-5-9-17)23-21(25-22)18-10-6-3-7-11-18/h2,4,6,8,10-15H,3,5,7,9H2,1H3. The third-order valence-electron chi connectivity index (χ3n) is 4.50. The fraction of sp³-hybridized carbons (Fsp3) is 0.227. The maximum Gasteiger partial charge on any atom is 0.164 e. The topological polar surface area (TPSA) is 38.7 Å². The van der Waals surface area contributed by atoms with Crippen LogP contribution in [0.25, 0.3) is 22.5 Å².